The molecule has 1 heterocycles. The third kappa shape index (κ3) is 4.20. The van der Waals surface area contributed by atoms with E-state index in [1.54, 1.807) is 32.0 Å². The van der Waals surface area contributed by atoms with E-state index in [0.717, 1.165) is 5.56 Å². The van der Waals surface area contributed by atoms with Crippen molar-refractivity contribution in [1.29, 1.82) is 5.26 Å². The number of H-pyrrole nitrogens is 1. The Balaban J connectivity index is 2.15. The first kappa shape index (κ1) is 18.6. The molecule has 25 heavy (non-hydrogen) atoms. The first-order valence-corrected chi connectivity index (χ1v) is 8.01. The smallest absolute Gasteiger partial charge is 0.266 e. The number of nitrogens with one attached hydrogen (secondary N) is 2. The fourth-order valence-electron chi connectivity index (χ4n) is 2.65. The van der Waals surface area contributed by atoms with E-state index >= 15 is 0 Å². The quantitative estimate of drug-likeness (QED) is 0.857. The van der Waals surface area contributed by atoms with E-state index in [4.69, 9.17) is 21.6 Å². The SMILES string of the molecule is COc1ccc(Cl)cc1NC(=O)CCc1c(C)[nH]c(=O)c(C#N)c1C. The normalized spacial score (nSPS) is 10.2. The number of amides is 1. The van der Waals surface area contributed by atoms with Crippen molar-refractivity contribution in [3.8, 4) is 11.8 Å². The molecule has 130 valence electrons. The van der Waals surface area contributed by atoms with Crippen molar-refractivity contribution in [2.24, 2.45) is 0 Å². The van der Waals surface area contributed by atoms with Crippen LogP contribution in [-0.2, 0) is 11.2 Å². The van der Waals surface area contributed by atoms with Gasteiger partial charge in [-0.2, -0.15) is 5.26 Å². The lowest BCUT2D eigenvalue weighted by atomic mass is 9.99. The number of aromatic amines is 1. The summed E-state index contributed by atoms with van der Waals surface area (Å²) in [6, 6.07) is 6.87. The van der Waals surface area contributed by atoms with Gasteiger partial charge < -0.3 is 15.0 Å². The van der Waals surface area contributed by atoms with Crippen LogP contribution in [-0.4, -0.2) is 18.0 Å². The molecule has 2 rings (SSSR count). The van der Waals surface area contributed by atoms with Gasteiger partial charge in [-0.25, -0.2) is 0 Å². The molecule has 1 aromatic heterocycles. The van der Waals surface area contributed by atoms with Crippen LogP contribution in [0.2, 0.25) is 5.02 Å². The van der Waals surface area contributed by atoms with E-state index in [1.165, 1.54) is 7.11 Å². The van der Waals surface area contributed by atoms with E-state index in [0.29, 0.717) is 34.1 Å². The van der Waals surface area contributed by atoms with Crippen LogP contribution in [0, 0.1) is 25.2 Å². The Morgan fingerprint density at radius 2 is 2.12 bits per heavy atom. The van der Waals surface area contributed by atoms with Gasteiger partial charge in [0, 0.05) is 17.1 Å². The predicted molar refractivity (Wildman–Crippen MR) is 96.2 cm³/mol. The monoisotopic (exact) mass is 359 g/mol. The number of hydrogen-bond donors (Lipinski definition) is 2. The number of carbonyl (C=O) groups is 1. The van der Waals surface area contributed by atoms with Crippen LogP contribution in [0.3, 0.4) is 0 Å². The third-order valence-electron chi connectivity index (χ3n) is 3.96. The van der Waals surface area contributed by atoms with E-state index in [1.807, 2.05) is 6.07 Å². The first-order valence-electron chi connectivity index (χ1n) is 7.63. The van der Waals surface area contributed by atoms with Gasteiger partial charge in [-0.1, -0.05) is 11.6 Å². The van der Waals surface area contributed by atoms with E-state index in [-0.39, 0.29) is 17.9 Å². The number of aromatic nitrogens is 1. The summed E-state index contributed by atoms with van der Waals surface area (Å²) in [4.78, 5) is 26.7. The van der Waals surface area contributed by atoms with Crippen LogP contribution in [0.5, 0.6) is 5.75 Å². The summed E-state index contributed by atoms with van der Waals surface area (Å²) in [6.07, 6.45) is 0.589. The van der Waals surface area contributed by atoms with Crippen LogP contribution in [0.15, 0.2) is 23.0 Å². The van der Waals surface area contributed by atoms with Crippen molar-refractivity contribution in [2.45, 2.75) is 26.7 Å². The number of pyridine rings is 1. The molecule has 0 fully saturated rings. The van der Waals surface area contributed by atoms with Gasteiger partial charge in [0.25, 0.3) is 5.56 Å². The number of nitrogens with zero attached hydrogens (tertiary/aromatic N) is 1. The Hall–Kier alpha value is -2.78. The maximum absolute atomic E-state index is 12.3. The van der Waals surface area contributed by atoms with E-state index < -0.39 is 5.56 Å². The Labute approximate surface area is 150 Å². The summed E-state index contributed by atoms with van der Waals surface area (Å²) >= 11 is 5.95. The zero-order valence-corrected chi connectivity index (χ0v) is 15.0. The Morgan fingerprint density at radius 3 is 2.76 bits per heavy atom. The number of carbonyl (C=O) groups excluding carboxylic acids is 1. The van der Waals surface area contributed by atoms with Crippen molar-refractivity contribution in [2.75, 3.05) is 12.4 Å². The number of rotatable bonds is 5. The minimum atomic E-state index is -0.408. The van der Waals surface area contributed by atoms with Crippen molar-refractivity contribution in [1.82, 2.24) is 4.98 Å². The second-order valence-electron chi connectivity index (χ2n) is 5.56. The molecular weight excluding hydrogens is 342 g/mol. The molecule has 0 atom stereocenters. The largest absolute Gasteiger partial charge is 0.495 e. The van der Waals surface area contributed by atoms with Gasteiger partial charge in [0.15, 0.2) is 0 Å². The number of halogens is 1. The molecule has 0 aliphatic carbocycles. The van der Waals surface area contributed by atoms with Gasteiger partial charge in [-0.15, -0.1) is 0 Å². The Bertz CT molecular complexity index is 913. The average molecular weight is 360 g/mol. The van der Waals surface area contributed by atoms with Crippen molar-refractivity contribution in [3.05, 3.63) is 56.0 Å². The fraction of sp³-hybridized carbons (Fsp3) is 0.278. The number of ether oxygens (including phenoxy) is 1. The number of methoxy groups -OCH3 is 1. The highest BCUT2D eigenvalue weighted by Crippen LogP contribution is 2.28. The molecule has 0 saturated heterocycles. The molecule has 0 spiro atoms. The zero-order valence-electron chi connectivity index (χ0n) is 14.2. The molecule has 0 radical (unpaired) electrons. The number of benzene rings is 1. The maximum atomic E-state index is 12.3. The summed E-state index contributed by atoms with van der Waals surface area (Å²) in [6.45, 7) is 3.47. The third-order valence-corrected chi connectivity index (χ3v) is 4.19. The highest BCUT2D eigenvalue weighted by atomic mass is 35.5. The van der Waals surface area contributed by atoms with Crippen molar-refractivity contribution in [3.63, 3.8) is 0 Å². The molecule has 0 unspecified atom stereocenters. The number of aryl methyl sites for hydroxylation is 1. The molecule has 0 aliphatic rings. The number of nitriles is 1. The van der Waals surface area contributed by atoms with Crippen LogP contribution in [0.25, 0.3) is 0 Å². The number of anilines is 1. The zero-order chi connectivity index (χ0) is 18.6. The maximum Gasteiger partial charge on any atom is 0.266 e. The van der Waals surface area contributed by atoms with Crippen molar-refractivity contribution < 1.29 is 9.53 Å². The van der Waals surface area contributed by atoms with Gasteiger partial charge in [-0.3, -0.25) is 9.59 Å². The van der Waals surface area contributed by atoms with Gasteiger partial charge >= 0.3 is 0 Å². The molecule has 1 aromatic carbocycles. The molecule has 2 aromatic rings. The van der Waals surface area contributed by atoms with Gasteiger partial charge in [0.1, 0.15) is 17.4 Å². The summed E-state index contributed by atoms with van der Waals surface area (Å²) in [5.41, 5.74) is 2.23. The lowest BCUT2D eigenvalue weighted by Crippen LogP contribution is -2.18. The van der Waals surface area contributed by atoms with E-state index in [9.17, 15) is 9.59 Å². The van der Waals surface area contributed by atoms with Gasteiger partial charge in [0.2, 0.25) is 5.91 Å². The molecule has 6 nitrogen and oxygen atoms in total. The lowest BCUT2D eigenvalue weighted by Gasteiger charge is -2.12. The Morgan fingerprint density at radius 1 is 1.40 bits per heavy atom. The van der Waals surface area contributed by atoms with Crippen LogP contribution < -0.4 is 15.6 Å². The van der Waals surface area contributed by atoms with Crippen LogP contribution >= 0.6 is 11.6 Å². The predicted octanol–water partition coefficient (Wildman–Crippen LogP) is 3.10. The van der Waals surface area contributed by atoms with Gasteiger partial charge in [-0.05, 0) is 49.6 Å². The second-order valence-corrected chi connectivity index (χ2v) is 6.00. The molecule has 0 saturated carbocycles. The molecule has 0 bridgehead atoms. The second kappa shape index (κ2) is 7.86. The van der Waals surface area contributed by atoms with E-state index in [2.05, 4.69) is 10.3 Å². The highest BCUT2D eigenvalue weighted by molar-refractivity contribution is 6.31. The summed E-state index contributed by atoms with van der Waals surface area (Å²) < 4.78 is 5.20. The Kier molecular flexibility index (Phi) is 5.84. The minimum absolute atomic E-state index is 0.0810. The molecule has 1 amide bonds. The van der Waals surface area contributed by atoms with Gasteiger partial charge in [0.05, 0.1) is 12.8 Å². The topological polar surface area (TPSA) is 95.0 Å². The van der Waals surface area contributed by atoms with Crippen molar-refractivity contribution >= 4 is 23.2 Å². The lowest BCUT2D eigenvalue weighted by molar-refractivity contribution is -0.116. The summed E-state index contributed by atoms with van der Waals surface area (Å²) in [7, 11) is 1.51. The summed E-state index contributed by atoms with van der Waals surface area (Å²) in [5, 5.41) is 12.3. The first-order chi connectivity index (χ1) is 11.9. The molecule has 0 aliphatic heterocycles. The molecule has 7 heteroatoms. The summed E-state index contributed by atoms with van der Waals surface area (Å²) in [5.74, 6) is 0.296. The average Bonchev–Trinajstić information content (AvgIpc) is 2.55. The standard InChI is InChI=1S/C18H18ClN3O3/c1-10-13(11(2)21-18(24)14(10)9-20)5-7-17(23)22-15-8-12(19)4-6-16(15)25-3/h4,6,8H,5,7H2,1-3H3,(H,21,24)(H,22,23). The fourth-order valence-corrected chi connectivity index (χ4v) is 2.82. The molecular formula is C18H18ClN3O3. The molecule has 2 N–H and O–H groups in total. The van der Waals surface area contributed by atoms with Crippen LogP contribution in [0.1, 0.15) is 28.8 Å². The van der Waals surface area contributed by atoms with Crippen LogP contribution in [0.4, 0.5) is 5.69 Å². The minimum Gasteiger partial charge on any atom is -0.495 e. The number of hydrogen-bond acceptors (Lipinski definition) is 4. The highest BCUT2D eigenvalue weighted by Gasteiger charge is 2.14.